The summed E-state index contributed by atoms with van der Waals surface area (Å²) in [6, 6.07) is 11.5. The predicted octanol–water partition coefficient (Wildman–Crippen LogP) is 2.95. The molecule has 0 spiro atoms. The normalized spacial score (nSPS) is 11.6. The minimum Gasteiger partial charge on any atom is -0.322 e. The smallest absolute Gasteiger partial charge is 0.248 e. The number of sulfonamides is 1. The summed E-state index contributed by atoms with van der Waals surface area (Å²) < 4.78 is 22.9. The van der Waals surface area contributed by atoms with Gasteiger partial charge in [0.25, 0.3) is 0 Å². The molecule has 23 heavy (non-hydrogen) atoms. The first kappa shape index (κ1) is 17.2. The molecular weight excluding hydrogens is 336 g/mol. The van der Waals surface area contributed by atoms with E-state index < -0.39 is 10.0 Å². The molecule has 7 heteroatoms. The molecule has 0 radical (unpaired) electrons. The van der Waals surface area contributed by atoms with Crippen LogP contribution in [0.4, 0.5) is 5.69 Å². The molecule has 2 rings (SSSR count). The number of hydrogen-bond acceptors (Lipinski definition) is 3. The Labute approximate surface area is 139 Å². The Bertz CT molecular complexity index is 859. The van der Waals surface area contributed by atoms with Gasteiger partial charge in [-0.1, -0.05) is 29.8 Å². The number of primary sulfonamides is 1. The molecule has 1 amide bonds. The standard InChI is InChI=1S/C16H15ClN2O3S/c1-11-2-8-14(10-15(11)23(18,21)22)19-16(20)9-5-12-3-6-13(17)7-4-12/h2-10H,1H3,(H,19,20)(H2,18,21,22)/b9-5+. The van der Waals surface area contributed by atoms with E-state index in [2.05, 4.69) is 5.32 Å². The Morgan fingerprint density at radius 1 is 1.17 bits per heavy atom. The lowest BCUT2D eigenvalue weighted by Crippen LogP contribution is -2.15. The Kier molecular flexibility index (Phi) is 5.20. The first-order chi connectivity index (χ1) is 10.8. The summed E-state index contributed by atoms with van der Waals surface area (Å²) in [4.78, 5) is 11.9. The molecule has 0 aliphatic heterocycles. The molecule has 2 aromatic carbocycles. The number of aryl methyl sites for hydroxylation is 1. The van der Waals surface area contributed by atoms with Crippen LogP contribution in [0.5, 0.6) is 0 Å². The predicted molar refractivity (Wildman–Crippen MR) is 91.7 cm³/mol. The summed E-state index contributed by atoms with van der Waals surface area (Å²) in [5.41, 5.74) is 1.69. The fourth-order valence-electron chi connectivity index (χ4n) is 1.91. The van der Waals surface area contributed by atoms with Gasteiger partial charge in [0, 0.05) is 16.8 Å². The zero-order valence-electron chi connectivity index (χ0n) is 12.3. The first-order valence-corrected chi connectivity index (χ1v) is 8.56. The minimum absolute atomic E-state index is 0.0167. The van der Waals surface area contributed by atoms with Crippen LogP contribution in [-0.4, -0.2) is 14.3 Å². The van der Waals surface area contributed by atoms with Crippen molar-refractivity contribution in [3.63, 3.8) is 0 Å². The third-order valence-electron chi connectivity index (χ3n) is 3.06. The summed E-state index contributed by atoms with van der Waals surface area (Å²) >= 11 is 5.78. The van der Waals surface area contributed by atoms with E-state index in [-0.39, 0.29) is 10.8 Å². The molecule has 0 aliphatic rings. The highest BCUT2D eigenvalue weighted by atomic mass is 35.5. The Hall–Kier alpha value is -2.15. The number of anilines is 1. The third-order valence-corrected chi connectivity index (χ3v) is 4.36. The molecule has 0 saturated heterocycles. The molecule has 0 unspecified atom stereocenters. The Morgan fingerprint density at radius 3 is 2.43 bits per heavy atom. The van der Waals surface area contributed by atoms with Gasteiger partial charge in [0.1, 0.15) is 0 Å². The van der Waals surface area contributed by atoms with Crippen molar-refractivity contribution in [1.82, 2.24) is 0 Å². The van der Waals surface area contributed by atoms with Gasteiger partial charge in [-0.2, -0.15) is 0 Å². The average Bonchev–Trinajstić information content (AvgIpc) is 2.47. The fraction of sp³-hybridized carbons (Fsp3) is 0.0625. The summed E-state index contributed by atoms with van der Waals surface area (Å²) in [6.45, 7) is 1.63. The number of rotatable bonds is 4. The topological polar surface area (TPSA) is 89.3 Å². The lowest BCUT2D eigenvalue weighted by molar-refractivity contribution is -0.111. The molecule has 0 heterocycles. The van der Waals surface area contributed by atoms with E-state index in [9.17, 15) is 13.2 Å². The molecule has 0 saturated carbocycles. The Balaban J connectivity index is 2.13. The van der Waals surface area contributed by atoms with Crippen LogP contribution in [-0.2, 0) is 14.8 Å². The number of amides is 1. The monoisotopic (exact) mass is 350 g/mol. The summed E-state index contributed by atoms with van der Waals surface area (Å²) in [6.07, 6.45) is 2.97. The van der Waals surface area contributed by atoms with Crippen molar-refractivity contribution in [3.8, 4) is 0 Å². The second kappa shape index (κ2) is 6.95. The van der Waals surface area contributed by atoms with E-state index in [0.717, 1.165) is 5.56 Å². The van der Waals surface area contributed by atoms with Crippen molar-refractivity contribution in [1.29, 1.82) is 0 Å². The van der Waals surface area contributed by atoms with Crippen molar-refractivity contribution in [3.05, 3.63) is 64.7 Å². The minimum atomic E-state index is -3.83. The van der Waals surface area contributed by atoms with Crippen LogP contribution in [0.2, 0.25) is 5.02 Å². The van der Waals surface area contributed by atoms with Crippen molar-refractivity contribution >= 4 is 39.3 Å². The maximum absolute atomic E-state index is 11.9. The number of carbonyl (C=O) groups excluding carboxylic acids is 1. The van der Waals surface area contributed by atoms with E-state index in [1.165, 1.54) is 12.1 Å². The fourth-order valence-corrected chi connectivity index (χ4v) is 2.85. The zero-order valence-corrected chi connectivity index (χ0v) is 13.9. The van der Waals surface area contributed by atoms with Crippen LogP contribution in [0.25, 0.3) is 6.08 Å². The largest absolute Gasteiger partial charge is 0.322 e. The van der Waals surface area contributed by atoms with E-state index in [0.29, 0.717) is 16.3 Å². The number of nitrogens with two attached hydrogens (primary N) is 1. The molecule has 0 fully saturated rings. The maximum atomic E-state index is 11.9. The van der Waals surface area contributed by atoms with E-state index in [1.54, 1.807) is 49.4 Å². The van der Waals surface area contributed by atoms with Gasteiger partial charge < -0.3 is 5.32 Å². The van der Waals surface area contributed by atoms with Crippen LogP contribution >= 0.6 is 11.6 Å². The second-order valence-electron chi connectivity index (χ2n) is 4.90. The van der Waals surface area contributed by atoms with Gasteiger partial charge in [-0.05, 0) is 48.4 Å². The lowest BCUT2D eigenvalue weighted by Gasteiger charge is -2.07. The SMILES string of the molecule is Cc1ccc(NC(=O)/C=C/c2ccc(Cl)cc2)cc1S(N)(=O)=O. The van der Waals surface area contributed by atoms with Gasteiger partial charge in [0.05, 0.1) is 4.90 Å². The molecular formula is C16H15ClN2O3S. The van der Waals surface area contributed by atoms with Crippen molar-refractivity contribution in [2.24, 2.45) is 5.14 Å². The van der Waals surface area contributed by atoms with Crippen molar-refractivity contribution in [2.75, 3.05) is 5.32 Å². The van der Waals surface area contributed by atoms with Gasteiger partial charge in [-0.15, -0.1) is 0 Å². The number of nitrogens with one attached hydrogen (secondary N) is 1. The number of hydrogen-bond donors (Lipinski definition) is 2. The summed E-state index contributed by atoms with van der Waals surface area (Å²) in [5.74, 6) is -0.385. The van der Waals surface area contributed by atoms with Gasteiger partial charge in [-0.25, -0.2) is 13.6 Å². The van der Waals surface area contributed by atoms with Crippen LogP contribution < -0.4 is 10.5 Å². The van der Waals surface area contributed by atoms with Gasteiger partial charge in [-0.3, -0.25) is 4.79 Å². The second-order valence-corrected chi connectivity index (χ2v) is 6.87. The van der Waals surface area contributed by atoms with Crippen molar-refractivity contribution in [2.45, 2.75) is 11.8 Å². The van der Waals surface area contributed by atoms with Crippen LogP contribution in [0.15, 0.2) is 53.4 Å². The number of halogens is 1. The molecule has 0 bridgehead atoms. The maximum Gasteiger partial charge on any atom is 0.248 e. The highest BCUT2D eigenvalue weighted by molar-refractivity contribution is 7.89. The van der Waals surface area contributed by atoms with E-state index in [1.807, 2.05) is 0 Å². The quantitative estimate of drug-likeness (QED) is 0.831. The van der Waals surface area contributed by atoms with Crippen LogP contribution in [0.3, 0.4) is 0 Å². The van der Waals surface area contributed by atoms with E-state index in [4.69, 9.17) is 16.7 Å². The number of benzene rings is 2. The van der Waals surface area contributed by atoms with E-state index >= 15 is 0 Å². The Morgan fingerprint density at radius 2 is 1.83 bits per heavy atom. The molecule has 0 atom stereocenters. The molecule has 2 aromatic rings. The summed E-state index contributed by atoms with van der Waals surface area (Å²) in [7, 11) is -3.83. The van der Waals surface area contributed by atoms with Crippen molar-refractivity contribution < 1.29 is 13.2 Å². The molecule has 0 aromatic heterocycles. The zero-order chi connectivity index (χ0) is 17.0. The van der Waals surface area contributed by atoms with Crippen LogP contribution in [0.1, 0.15) is 11.1 Å². The van der Waals surface area contributed by atoms with Gasteiger partial charge in [0.2, 0.25) is 15.9 Å². The van der Waals surface area contributed by atoms with Crippen LogP contribution in [0, 0.1) is 6.92 Å². The average molecular weight is 351 g/mol. The first-order valence-electron chi connectivity index (χ1n) is 6.64. The summed E-state index contributed by atoms with van der Waals surface area (Å²) in [5, 5.41) is 8.34. The highest BCUT2D eigenvalue weighted by Crippen LogP contribution is 2.19. The molecule has 5 nitrogen and oxygen atoms in total. The molecule has 0 aliphatic carbocycles. The lowest BCUT2D eigenvalue weighted by atomic mass is 10.2. The third kappa shape index (κ3) is 4.92. The molecule has 3 N–H and O–H groups in total. The van der Waals surface area contributed by atoms with Gasteiger partial charge in [0.15, 0.2) is 0 Å². The highest BCUT2D eigenvalue weighted by Gasteiger charge is 2.12. The van der Waals surface area contributed by atoms with Gasteiger partial charge >= 0.3 is 0 Å². The number of carbonyl (C=O) groups is 1. The molecule has 120 valence electrons.